The van der Waals surface area contributed by atoms with Crippen molar-refractivity contribution in [1.82, 2.24) is 9.78 Å². The van der Waals surface area contributed by atoms with Crippen LogP contribution in [0.25, 0.3) is 0 Å². The second kappa shape index (κ2) is 6.20. The Morgan fingerprint density at radius 1 is 1.10 bits per heavy atom. The highest BCUT2D eigenvalue weighted by atomic mass is 15.3. The first-order valence-corrected chi connectivity index (χ1v) is 7.81. The second-order valence-electron chi connectivity index (χ2n) is 5.85. The first-order valence-electron chi connectivity index (χ1n) is 7.81. The average Bonchev–Trinajstić information content (AvgIpc) is 2.84. The van der Waals surface area contributed by atoms with E-state index >= 15 is 0 Å². The van der Waals surface area contributed by atoms with Gasteiger partial charge in [-0.3, -0.25) is 4.68 Å². The third-order valence-electron chi connectivity index (χ3n) is 4.16. The number of hydrogen-bond acceptors (Lipinski definition) is 3. The molecule has 4 heteroatoms. The zero-order valence-electron chi connectivity index (χ0n) is 13.0. The fraction of sp³-hybridized carbons (Fsp3) is 0.471. The van der Waals surface area contributed by atoms with Crippen LogP contribution in [0, 0.1) is 6.92 Å². The molecule has 1 aromatic heterocycles. The topological polar surface area (TPSA) is 33.1 Å². The number of aryl methyl sites for hydroxylation is 2. The van der Waals surface area contributed by atoms with Gasteiger partial charge in [-0.2, -0.15) is 5.10 Å². The van der Waals surface area contributed by atoms with Crippen LogP contribution in [0.4, 0.5) is 11.4 Å². The molecule has 21 heavy (non-hydrogen) atoms. The molecule has 4 nitrogen and oxygen atoms in total. The summed E-state index contributed by atoms with van der Waals surface area (Å²) in [6.07, 6.45) is 4.01. The van der Waals surface area contributed by atoms with E-state index < -0.39 is 0 Å². The van der Waals surface area contributed by atoms with Gasteiger partial charge in [-0.05, 0) is 56.5 Å². The molecule has 1 aliphatic heterocycles. The quantitative estimate of drug-likeness (QED) is 0.935. The third-order valence-corrected chi connectivity index (χ3v) is 4.16. The van der Waals surface area contributed by atoms with E-state index in [1.165, 1.54) is 43.7 Å². The summed E-state index contributed by atoms with van der Waals surface area (Å²) in [5.41, 5.74) is 4.77. The maximum Gasteiger partial charge on any atom is 0.0597 e. The molecule has 0 radical (unpaired) electrons. The minimum atomic E-state index is 0.806. The van der Waals surface area contributed by atoms with E-state index in [9.17, 15) is 0 Å². The van der Waals surface area contributed by atoms with Crippen LogP contribution in [-0.2, 0) is 13.6 Å². The Hall–Kier alpha value is -1.97. The van der Waals surface area contributed by atoms with Gasteiger partial charge in [0.2, 0.25) is 0 Å². The molecule has 0 amide bonds. The van der Waals surface area contributed by atoms with Gasteiger partial charge >= 0.3 is 0 Å². The average molecular weight is 284 g/mol. The summed E-state index contributed by atoms with van der Waals surface area (Å²) < 4.78 is 1.93. The third kappa shape index (κ3) is 3.38. The fourth-order valence-corrected chi connectivity index (χ4v) is 2.96. The minimum Gasteiger partial charge on any atom is -0.379 e. The first kappa shape index (κ1) is 14.0. The number of nitrogens with zero attached hydrogens (tertiary/aromatic N) is 3. The van der Waals surface area contributed by atoms with Crippen molar-refractivity contribution in [3.8, 4) is 0 Å². The zero-order valence-corrected chi connectivity index (χ0v) is 13.0. The van der Waals surface area contributed by atoms with E-state index in [1.54, 1.807) is 0 Å². The van der Waals surface area contributed by atoms with Gasteiger partial charge in [-0.15, -0.1) is 0 Å². The molecule has 1 N–H and O–H groups in total. The second-order valence-corrected chi connectivity index (χ2v) is 5.85. The SMILES string of the molecule is Cc1cc(CNc2ccc(N3CCCCC3)cc2)n(C)n1. The highest BCUT2D eigenvalue weighted by Gasteiger charge is 2.10. The number of nitrogens with one attached hydrogen (secondary N) is 1. The molecule has 0 atom stereocenters. The number of benzene rings is 1. The Kier molecular flexibility index (Phi) is 4.13. The number of aromatic nitrogens is 2. The molecule has 1 fully saturated rings. The number of piperidine rings is 1. The van der Waals surface area contributed by atoms with E-state index in [0.29, 0.717) is 0 Å². The Balaban J connectivity index is 1.60. The molecule has 3 rings (SSSR count). The summed E-state index contributed by atoms with van der Waals surface area (Å²) >= 11 is 0. The monoisotopic (exact) mass is 284 g/mol. The van der Waals surface area contributed by atoms with Crippen LogP contribution in [0.5, 0.6) is 0 Å². The molecule has 1 saturated heterocycles. The normalized spacial score (nSPS) is 15.2. The first-order chi connectivity index (χ1) is 10.2. The van der Waals surface area contributed by atoms with Gasteiger partial charge in [0.1, 0.15) is 0 Å². The fourth-order valence-electron chi connectivity index (χ4n) is 2.96. The Morgan fingerprint density at radius 2 is 1.81 bits per heavy atom. The molecule has 112 valence electrons. The van der Waals surface area contributed by atoms with Crippen LogP contribution in [0.3, 0.4) is 0 Å². The van der Waals surface area contributed by atoms with Crippen molar-refractivity contribution in [2.24, 2.45) is 7.05 Å². The summed E-state index contributed by atoms with van der Waals surface area (Å²) in [6.45, 7) is 5.22. The van der Waals surface area contributed by atoms with Gasteiger partial charge < -0.3 is 10.2 Å². The number of rotatable bonds is 4. The lowest BCUT2D eigenvalue weighted by Crippen LogP contribution is -2.29. The van der Waals surface area contributed by atoms with Crippen molar-refractivity contribution in [2.75, 3.05) is 23.3 Å². The molecule has 0 unspecified atom stereocenters. The lowest BCUT2D eigenvalue weighted by Gasteiger charge is -2.28. The maximum atomic E-state index is 4.37. The Labute approximate surface area is 126 Å². The molecule has 0 saturated carbocycles. The molecule has 1 aliphatic rings. The van der Waals surface area contributed by atoms with Crippen LogP contribution >= 0.6 is 0 Å². The van der Waals surface area contributed by atoms with Crippen molar-refractivity contribution < 1.29 is 0 Å². The van der Waals surface area contributed by atoms with Crippen LogP contribution in [0.1, 0.15) is 30.7 Å². The van der Waals surface area contributed by atoms with Gasteiger partial charge in [0.05, 0.1) is 17.9 Å². The van der Waals surface area contributed by atoms with E-state index in [2.05, 4.69) is 45.6 Å². The van der Waals surface area contributed by atoms with Crippen molar-refractivity contribution >= 4 is 11.4 Å². The van der Waals surface area contributed by atoms with Crippen LogP contribution in [0.2, 0.25) is 0 Å². The summed E-state index contributed by atoms with van der Waals surface area (Å²) in [5, 5.41) is 7.83. The highest BCUT2D eigenvalue weighted by Crippen LogP contribution is 2.22. The molecule has 0 bridgehead atoms. The van der Waals surface area contributed by atoms with Crippen molar-refractivity contribution in [3.63, 3.8) is 0 Å². The van der Waals surface area contributed by atoms with E-state index in [4.69, 9.17) is 0 Å². The van der Waals surface area contributed by atoms with Crippen LogP contribution in [0.15, 0.2) is 30.3 Å². The van der Waals surface area contributed by atoms with E-state index in [-0.39, 0.29) is 0 Å². The molecular weight excluding hydrogens is 260 g/mol. The van der Waals surface area contributed by atoms with E-state index in [0.717, 1.165) is 17.9 Å². The summed E-state index contributed by atoms with van der Waals surface area (Å²) in [5.74, 6) is 0. The van der Waals surface area contributed by atoms with Crippen molar-refractivity contribution in [3.05, 3.63) is 41.7 Å². The Bertz CT molecular complexity index is 579. The zero-order chi connectivity index (χ0) is 14.7. The van der Waals surface area contributed by atoms with Gasteiger partial charge in [0, 0.05) is 31.5 Å². The largest absolute Gasteiger partial charge is 0.379 e. The van der Waals surface area contributed by atoms with Crippen molar-refractivity contribution in [1.29, 1.82) is 0 Å². The smallest absolute Gasteiger partial charge is 0.0597 e. The summed E-state index contributed by atoms with van der Waals surface area (Å²) in [7, 11) is 1.99. The highest BCUT2D eigenvalue weighted by molar-refractivity contribution is 5.55. The van der Waals surface area contributed by atoms with E-state index in [1.807, 2.05) is 18.7 Å². The minimum absolute atomic E-state index is 0.806. The molecule has 0 spiro atoms. The molecule has 1 aromatic carbocycles. The predicted octanol–water partition coefficient (Wildman–Crippen LogP) is 3.33. The van der Waals surface area contributed by atoms with Crippen molar-refractivity contribution in [2.45, 2.75) is 32.7 Å². The van der Waals surface area contributed by atoms with Gasteiger partial charge in [-0.25, -0.2) is 0 Å². The maximum absolute atomic E-state index is 4.37. The standard InChI is InChI=1S/C17H24N4/c1-14-12-17(20(2)19-14)13-18-15-6-8-16(9-7-15)21-10-4-3-5-11-21/h6-9,12,18H,3-5,10-11,13H2,1-2H3. The Morgan fingerprint density at radius 3 is 2.43 bits per heavy atom. The number of hydrogen-bond donors (Lipinski definition) is 1. The van der Waals surface area contributed by atoms with Gasteiger partial charge in [-0.1, -0.05) is 0 Å². The molecular formula is C17H24N4. The number of anilines is 2. The van der Waals surface area contributed by atoms with Gasteiger partial charge in [0.15, 0.2) is 0 Å². The van der Waals surface area contributed by atoms with Gasteiger partial charge in [0.25, 0.3) is 0 Å². The summed E-state index contributed by atoms with van der Waals surface area (Å²) in [6, 6.07) is 10.9. The lowest BCUT2D eigenvalue weighted by atomic mass is 10.1. The predicted molar refractivity (Wildman–Crippen MR) is 87.8 cm³/mol. The van der Waals surface area contributed by atoms with Crippen LogP contribution < -0.4 is 10.2 Å². The molecule has 2 heterocycles. The van der Waals surface area contributed by atoms with Crippen LogP contribution in [-0.4, -0.2) is 22.9 Å². The lowest BCUT2D eigenvalue weighted by molar-refractivity contribution is 0.578. The summed E-state index contributed by atoms with van der Waals surface area (Å²) in [4.78, 5) is 2.48. The molecule has 2 aromatic rings. The molecule has 0 aliphatic carbocycles.